The number of hydrogen-bond acceptors (Lipinski definition) is 3. The maximum atomic E-state index is 12.6. The van der Waals surface area contributed by atoms with E-state index in [0.717, 1.165) is 5.56 Å². The Kier molecular flexibility index (Phi) is 5.17. The molecule has 2 aromatic carbocycles. The summed E-state index contributed by atoms with van der Waals surface area (Å²) in [5, 5.41) is 0. The van der Waals surface area contributed by atoms with Crippen LogP contribution >= 0.6 is 0 Å². The van der Waals surface area contributed by atoms with Gasteiger partial charge in [0, 0.05) is 6.42 Å². The number of carbonyl (C=O) groups excluding carboxylic acids is 2. The fraction of sp³-hybridized carbons (Fsp3) is 0.333. The molecule has 25 heavy (non-hydrogen) atoms. The van der Waals surface area contributed by atoms with Crippen molar-refractivity contribution in [2.75, 3.05) is 0 Å². The maximum absolute atomic E-state index is 12.6. The molecule has 0 N–H and O–H groups in total. The second-order valence-electron chi connectivity index (χ2n) is 6.57. The van der Waals surface area contributed by atoms with Crippen molar-refractivity contribution in [2.24, 2.45) is 0 Å². The van der Waals surface area contributed by atoms with Crippen molar-refractivity contribution in [1.29, 1.82) is 0 Å². The fourth-order valence-corrected chi connectivity index (χ4v) is 3.29. The summed E-state index contributed by atoms with van der Waals surface area (Å²) >= 11 is 0. The van der Waals surface area contributed by atoms with E-state index < -0.39 is 12.2 Å². The van der Waals surface area contributed by atoms with Crippen LogP contribution in [0.25, 0.3) is 0 Å². The molecule has 4 nitrogen and oxygen atoms in total. The van der Waals surface area contributed by atoms with Gasteiger partial charge in [-0.05, 0) is 30.4 Å². The summed E-state index contributed by atoms with van der Waals surface area (Å²) in [6.45, 7) is 3.96. The van der Waals surface area contributed by atoms with Gasteiger partial charge in [-0.1, -0.05) is 67.6 Å². The molecule has 0 bridgehead atoms. The lowest BCUT2D eigenvalue weighted by atomic mass is 9.96. The van der Waals surface area contributed by atoms with E-state index in [0.29, 0.717) is 12.8 Å². The van der Waals surface area contributed by atoms with Gasteiger partial charge in [0.25, 0.3) is 0 Å². The van der Waals surface area contributed by atoms with Crippen LogP contribution in [-0.2, 0) is 9.53 Å². The standard InChI is InChI=1S/C21H23NO3/c1-15(17-9-5-3-6-10-17)13-14-19(23)22-16(2)20(25-21(22)24)18-11-7-4-8-12-18/h3-12,15-16,20H,13-14H2,1-2H3/t15?,16-,20-/m1/s1. The smallest absolute Gasteiger partial charge is 0.417 e. The maximum Gasteiger partial charge on any atom is 0.417 e. The van der Waals surface area contributed by atoms with Crippen molar-refractivity contribution in [3.05, 3.63) is 71.8 Å². The van der Waals surface area contributed by atoms with Crippen molar-refractivity contribution in [2.45, 2.75) is 44.8 Å². The second-order valence-corrected chi connectivity index (χ2v) is 6.57. The van der Waals surface area contributed by atoms with E-state index in [-0.39, 0.29) is 17.9 Å². The Morgan fingerprint density at radius 1 is 1.08 bits per heavy atom. The Hall–Kier alpha value is -2.62. The number of amides is 2. The van der Waals surface area contributed by atoms with Crippen LogP contribution in [0.3, 0.4) is 0 Å². The first-order chi connectivity index (χ1) is 12.1. The predicted molar refractivity (Wildman–Crippen MR) is 96.1 cm³/mol. The Morgan fingerprint density at radius 2 is 1.68 bits per heavy atom. The highest BCUT2D eigenvalue weighted by molar-refractivity contribution is 5.93. The van der Waals surface area contributed by atoms with E-state index in [1.54, 1.807) is 0 Å². The van der Waals surface area contributed by atoms with Gasteiger partial charge in [0.2, 0.25) is 5.91 Å². The van der Waals surface area contributed by atoms with E-state index in [4.69, 9.17) is 4.74 Å². The average Bonchev–Trinajstić information content (AvgIpc) is 2.95. The summed E-state index contributed by atoms with van der Waals surface area (Å²) in [6.07, 6.45) is 0.0923. The van der Waals surface area contributed by atoms with Crippen molar-refractivity contribution in [1.82, 2.24) is 4.90 Å². The van der Waals surface area contributed by atoms with Crippen LogP contribution in [-0.4, -0.2) is 22.9 Å². The number of cyclic esters (lactones) is 1. The third-order valence-corrected chi connectivity index (χ3v) is 4.83. The Balaban J connectivity index is 1.63. The van der Waals surface area contributed by atoms with Crippen LogP contribution in [0, 0.1) is 0 Å². The Bertz CT molecular complexity index is 729. The number of carbonyl (C=O) groups is 2. The van der Waals surface area contributed by atoms with E-state index in [9.17, 15) is 9.59 Å². The molecule has 0 aliphatic carbocycles. The molecule has 0 radical (unpaired) electrons. The van der Waals surface area contributed by atoms with Gasteiger partial charge in [-0.15, -0.1) is 0 Å². The monoisotopic (exact) mass is 337 g/mol. The minimum Gasteiger partial charge on any atom is -0.439 e. The number of ether oxygens (including phenoxy) is 1. The van der Waals surface area contributed by atoms with E-state index in [1.165, 1.54) is 10.5 Å². The molecule has 2 amide bonds. The first-order valence-electron chi connectivity index (χ1n) is 8.70. The fourth-order valence-electron chi connectivity index (χ4n) is 3.29. The van der Waals surface area contributed by atoms with Gasteiger partial charge in [0.15, 0.2) is 0 Å². The highest BCUT2D eigenvalue weighted by Crippen LogP contribution is 2.33. The summed E-state index contributed by atoms with van der Waals surface area (Å²) in [4.78, 5) is 26.1. The minimum absolute atomic E-state index is 0.168. The summed E-state index contributed by atoms with van der Waals surface area (Å²) in [5.41, 5.74) is 2.12. The molecule has 1 aliphatic rings. The quantitative estimate of drug-likeness (QED) is 0.796. The molecule has 130 valence electrons. The van der Waals surface area contributed by atoms with Gasteiger partial charge < -0.3 is 4.74 Å². The van der Waals surface area contributed by atoms with Gasteiger partial charge in [0.1, 0.15) is 6.10 Å². The van der Waals surface area contributed by atoms with Crippen LogP contribution in [0.5, 0.6) is 0 Å². The number of benzene rings is 2. The molecule has 3 rings (SSSR count). The number of rotatable bonds is 5. The molecule has 0 aromatic heterocycles. The molecule has 1 unspecified atom stereocenters. The molecule has 2 aromatic rings. The lowest BCUT2D eigenvalue weighted by Gasteiger charge is -2.20. The van der Waals surface area contributed by atoms with Crippen LogP contribution in [0.1, 0.15) is 49.8 Å². The molecule has 0 saturated carbocycles. The molecule has 4 heteroatoms. The third-order valence-electron chi connectivity index (χ3n) is 4.83. The van der Waals surface area contributed by atoms with Gasteiger partial charge in [-0.3, -0.25) is 4.79 Å². The highest BCUT2D eigenvalue weighted by Gasteiger charge is 2.42. The van der Waals surface area contributed by atoms with E-state index in [2.05, 4.69) is 19.1 Å². The van der Waals surface area contributed by atoms with Gasteiger partial charge in [0.05, 0.1) is 6.04 Å². The number of hydrogen-bond donors (Lipinski definition) is 0. The minimum atomic E-state index is -0.543. The Morgan fingerprint density at radius 3 is 2.32 bits per heavy atom. The zero-order valence-corrected chi connectivity index (χ0v) is 14.6. The zero-order valence-electron chi connectivity index (χ0n) is 14.6. The molecule has 1 fully saturated rings. The molecule has 1 heterocycles. The number of imide groups is 1. The van der Waals surface area contributed by atoms with Crippen LogP contribution in [0.15, 0.2) is 60.7 Å². The third kappa shape index (κ3) is 3.73. The second kappa shape index (κ2) is 7.51. The summed E-state index contributed by atoms with van der Waals surface area (Å²) in [6, 6.07) is 19.4. The molecular weight excluding hydrogens is 314 g/mol. The number of nitrogens with zero attached hydrogens (tertiary/aromatic N) is 1. The van der Waals surface area contributed by atoms with Crippen LogP contribution < -0.4 is 0 Å². The predicted octanol–water partition coefficient (Wildman–Crippen LogP) is 4.68. The Labute approximate surface area is 148 Å². The summed E-state index contributed by atoms with van der Waals surface area (Å²) in [5.74, 6) is 0.0997. The average molecular weight is 337 g/mol. The normalized spacial score (nSPS) is 21.0. The molecule has 3 atom stereocenters. The SMILES string of the molecule is CC(CCC(=O)N1C(=O)O[C@@H](c2ccccc2)[C@H]1C)c1ccccc1. The first-order valence-corrected chi connectivity index (χ1v) is 8.70. The highest BCUT2D eigenvalue weighted by atomic mass is 16.6. The largest absolute Gasteiger partial charge is 0.439 e. The molecule has 1 aliphatic heterocycles. The van der Waals surface area contributed by atoms with Crippen molar-refractivity contribution in [3.8, 4) is 0 Å². The molecule has 1 saturated heterocycles. The topological polar surface area (TPSA) is 46.6 Å². The summed E-state index contributed by atoms with van der Waals surface area (Å²) < 4.78 is 5.45. The van der Waals surface area contributed by atoms with Gasteiger partial charge in [-0.25, -0.2) is 9.69 Å². The first kappa shape index (κ1) is 17.2. The van der Waals surface area contributed by atoms with Crippen molar-refractivity contribution >= 4 is 12.0 Å². The zero-order chi connectivity index (χ0) is 17.8. The van der Waals surface area contributed by atoms with Gasteiger partial charge >= 0.3 is 6.09 Å². The molecular formula is C21H23NO3. The van der Waals surface area contributed by atoms with E-state index in [1.807, 2.05) is 55.5 Å². The van der Waals surface area contributed by atoms with E-state index >= 15 is 0 Å². The lowest BCUT2D eigenvalue weighted by molar-refractivity contribution is -0.129. The lowest BCUT2D eigenvalue weighted by Crippen LogP contribution is -2.37. The molecule has 0 spiro atoms. The summed E-state index contributed by atoms with van der Waals surface area (Å²) in [7, 11) is 0. The van der Waals surface area contributed by atoms with Crippen LogP contribution in [0.4, 0.5) is 4.79 Å². The van der Waals surface area contributed by atoms with Crippen molar-refractivity contribution < 1.29 is 14.3 Å². The van der Waals surface area contributed by atoms with Gasteiger partial charge in [-0.2, -0.15) is 0 Å². The van der Waals surface area contributed by atoms with Crippen molar-refractivity contribution in [3.63, 3.8) is 0 Å². The van der Waals surface area contributed by atoms with Crippen LogP contribution in [0.2, 0.25) is 0 Å².